The van der Waals surface area contributed by atoms with Crippen molar-refractivity contribution in [2.45, 2.75) is 24.3 Å². The molecule has 56 valence electrons. The standard InChI is InChI=1S/C4H8Cl2O3/c1-3(5,7)9-4(2,6)8/h7-8H,1-2H3. The van der Waals surface area contributed by atoms with E-state index >= 15 is 0 Å². The molecule has 0 heterocycles. The third-order valence-corrected chi connectivity index (χ3v) is 0.527. The van der Waals surface area contributed by atoms with Crippen molar-refractivity contribution in [3.8, 4) is 0 Å². The van der Waals surface area contributed by atoms with Gasteiger partial charge >= 0.3 is 0 Å². The SMILES string of the molecule is CC(O)(Cl)OC(C)(O)Cl. The van der Waals surface area contributed by atoms with Crippen LogP contribution >= 0.6 is 23.2 Å². The highest BCUT2D eigenvalue weighted by Gasteiger charge is 2.28. The average molecular weight is 175 g/mol. The van der Waals surface area contributed by atoms with Crippen LogP contribution in [0.3, 0.4) is 0 Å². The smallest absolute Gasteiger partial charge is 0.246 e. The molecule has 0 radical (unpaired) electrons. The minimum atomic E-state index is -1.93. The minimum Gasteiger partial charge on any atom is -0.353 e. The topological polar surface area (TPSA) is 49.7 Å². The van der Waals surface area contributed by atoms with Crippen molar-refractivity contribution in [3.05, 3.63) is 0 Å². The molecule has 0 aliphatic rings. The number of hydrogen-bond acceptors (Lipinski definition) is 3. The first-order chi connectivity index (χ1) is 3.71. The summed E-state index contributed by atoms with van der Waals surface area (Å²) in [6.07, 6.45) is 0. The molecule has 3 nitrogen and oxygen atoms in total. The van der Waals surface area contributed by atoms with Crippen molar-refractivity contribution in [1.29, 1.82) is 0 Å². The summed E-state index contributed by atoms with van der Waals surface area (Å²) < 4.78 is 4.27. The van der Waals surface area contributed by atoms with Gasteiger partial charge in [0.25, 0.3) is 0 Å². The quantitative estimate of drug-likeness (QED) is 0.482. The summed E-state index contributed by atoms with van der Waals surface area (Å²) in [6, 6.07) is 0. The van der Waals surface area contributed by atoms with Crippen molar-refractivity contribution in [2.75, 3.05) is 0 Å². The van der Waals surface area contributed by atoms with E-state index in [1.54, 1.807) is 0 Å². The normalized spacial score (nSPS) is 24.7. The van der Waals surface area contributed by atoms with Crippen molar-refractivity contribution < 1.29 is 14.9 Å². The summed E-state index contributed by atoms with van der Waals surface area (Å²) in [5.74, 6) is 0. The van der Waals surface area contributed by atoms with Gasteiger partial charge in [0.15, 0.2) is 0 Å². The molecule has 0 saturated heterocycles. The van der Waals surface area contributed by atoms with Crippen LogP contribution in [0, 0.1) is 0 Å². The fourth-order valence-corrected chi connectivity index (χ4v) is 0.680. The van der Waals surface area contributed by atoms with Gasteiger partial charge in [-0.1, -0.05) is 23.2 Å². The van der Waals surface area contributed by atoms with E-state index in [0.717, 1.165) is 13.8 Å². The molecule has 9 heavy (non-hydrogen) atoms. The molecule has 0 rings (SSSR count). The summed E-state index contributed by atoms with van der Waals surface area (Å²) >= 11 is 10.2. The Morgan fingerprint density at radius 2 is 1.33 bits per heavy atom. The summed E-state index contributed by atoms with van der Waals surface area (Å²) in [4.78, 5) is 0. The van der Waals surface area contributed by atoms with E-state index in [2.05, 4.69) is 4.74 Å². The van der Waals surface area contributed by atoms with E-state index < -0.39 is 10.5 Å². The molecule has 2 unspecified atom stereocenters. The summed E-state index contributed by atoms with van der Waals surface area (Å²) in [5, 5.41) is 13.5. The summed E-state index contributed by atoms with van der Waals surface area (Å²) in [6.45, 7) is 2.29. The monoisotopic (exact) mass is 174 g/mol. The van der Waals surface area contributed by atoms with E-state index in [4.69, 9.17) is 33.4 Å². The van der Waals surface area contributed by atoms with E-state index in [1.165, 1.54) is 0 Å². The van der Waals surface area contributed by atoms with Crippen LogP contribution in [-0.4, -0.2) is 20.7 Å². The fraction of sp³-hybridized carbons (Fsp3) is 1.00. The third kappa shape index (κ3) is 8.46. The molecule has 0 aromatic carbocycles. The first-order valence-electron chi connectivity index (χ1n) is 2.23. The maximum absolute atomic E-state index is 8.65. The van der Waals surface area contributed by atoms with Crippen LogP contribution in [0.25, 0.3) is 0 Å². The first-order valence-corrected chi connectivity index (χ1v) is 2.99. The Morgan fingerprint density at radius 1 is 1.11 bits per heavy atom. The Bertz CT molecular complexity index is 79.0. The van der Waals surface area contributed by atoms with Gasteiger partial charge in [-0.15, -0.1) is 0 Å². The molecule has 0 spiro atoms. The van der Waals surface area contributed by atoms with Crippen LogP contribution in [0.1, 0.15) is 13.8 Å². The molecule has 0 aliphatic carbocycles. The molecule has 2 atom stereocenters. The highest BCUT2D eigenvalue weighted by Crippen LogP contribution is 2.22. The predicted molar refractivity (Wildman–Crippen MR) is 34.0 cm³/mol. The number of hydrogen-bond donors (Lipinski definition) is 2. The van der Waals surface area contributed by atoms with Crippen LogP contribution in [0.4, 0.5) is 0 Å². The van der Waals surface area contributed by atoms with Crippen LogP contribution < -0.4 is 0 Å². The largest absolute Gasteiger partial charge is 0.353 e. The highest BCUT2D eigenvalue weighted by atomic mass is 35.5. The van der Waals surface area contributed by atoms with Gasteiger partial charge in [-0.05, 0) is 0 Å². The number of ether oxygens (including phenoxy) is 1. The average Bonchev–Trinajstić information content (AvgIpc) is 1.14. The second kappa shape index (κ2) is 2.60. The maximum Gasteiger partial charge on any atom is 0.246 e. The Balaban J connectivity index is 3.75. The first kappa shape index (κ1) is 9.46. The molecule has 0 aromatic rings. The molecule has 0 fully saturated rings. The van der Waals surface area contributed by atoms with E-state index in [1.807, 2.05) is 0 Å². The minimum absolute atomic E-state index is 1.14. The zero-order valence-electron chi connectivity index (χ0n) is 5.06. The lowest BCUT2D eigenvalue weighted by Crippen LogP contribution is -2.32. The number of halogens is 2. The number of rotatable bonds is 2. The van der Waals surface area contributed by atoms with E-state index in [9.17, 15) is 0 Å². The van der Waals surface area contributed by atoms with Crippen LogP contribution in [0.15, 0.2) is 0 Å². The van der Waals surface area contributed by atoms with Gasteiger partial charge in [0, 0.05) is 13.8 Å². The van der Waals surface area contributed by atoms with E-state index in [-0.39, 0.29) is 0 Å². The van der Waals surface area contributed by atoms with Gasteiger partial charge in [0.1, 0.15) is 0 Å². The van der Waals surface area contributed by atoms with Gasteiger partial charge < -0.3 is 10.2 Å². The number of alkyl halides is 2. The lowest BCUT2D eigenvalue weighted by molar-refractivity contribution is -0.240. The van der Waals surface area contributed by atoms with Gasteiger partial charge in [-0.25, -0.2) is 0 Å². The molecule has 0 aliphatic heterocycles. The van der Waals surface area contributed by atoms with Crippen LogP contribution in [0.5, 0.6) is 0 Å². The van der Waals surface area contributed by atoms with Crippen molar-refractivity contribution >= 4 is 23.2 Å². The lowest BCUT2D eigenvalue weighted by atomic mass is 10.7. The van der Waals surface area contributed by atoms with Crippen molar-refractivity contribution in [1.82, 2.24) is 0 Å². The molecule has 0 saturated carbocycles. The van der Waals surface area contributed by atoms with Crippen LogP contribution in [0.2, 0.25) is 0 Å². The zero-order valence-corrected chi connectivity index (χ0v) is 6.57. The molecular weight excluding hydrogens is 167 g/mol. The Labute approximate surface area is 63.1 Å². The molecule has 5 heteroatoms. The lowest BCUT2D eigenvalue weighted by Gasteiger charge is -2.23. The molecule has 0 amide bonds. The molecule has 0 aromatic heterocycles. The molecular formula is C4H8Cl2O3. The van der Waals surface area contributed by atoms with E-state index in [0.29, 0.717) is 0 Å². The second-order valence-electron chi connectivity index (χ2n) is 1.84. The highest BCUT2D eigenvalue weighted by molar-refractivity contribution is 6.23. The Kier molecular flexibility index (Phi) is 2.73. The summed E-state index contributed by atoms with van der Waals surface area (Å²) in [7, 11) is 0. The van der Waals surface area contributed by atoms with Crippen molar-refractivity contribution in [2.24, 2.45) is 0 Å². The van der Waals surface area contributed by atoms with Crippen molar-refractivity contribution in [3.63, 3.8) is 0 Å². The fourth-order valence-electron chi connectivity index (χ4n) is 0.340. The Hall–Kier alpha value is 0.460. The van der Waals surface area contributed by atoms with Gasteiger partial charge in [-0.2, -0.15) is 0 Å². The molecule has 0 bridgehead atoms. The van der Waals surface area contributed by atoms with Gasteiger partial charge in [-0.3, -0.25) is 4.74 Å². The van der Waals surface area contributed by atoms with Crippen LogP contribution in [-0.2, 0) is 4.74 Å². The number of aliphatic hydroxyl groups is 2. The zero-order chi connectivity index (χ0) is 7.71. The Morgan fingerprint density at radius 3 is 1.33 bits per heavy atom. The summed E-state index contributed by atoms with van der Waals surface area (Å²) in [5.41, 5.74) is 0. The second-order valence-corrected chi connectivity index (χ2v) is 3.24. The van der Waals surface area contributed by atoms with Gasteiger partial charge in [0.2, 0.25) is 10.5 Å². The third-order valence-electron chi connectivity index (χ3n) is 0.373. The van der Waals surface area contributed by atoms with Gasteiger partial charge in [0.05, 0.1) is 0 Å². The molecule has 2 N–H and O–H groups in total. The predicted octanol–water partition coefficient (Wildman–Crippen LogP) is 0.813. The maximum atomic E-state index is 8.65.